The molecule has 2 heterocycles. The summed E-state index contributed by atoms with van der Waals surface area (Å²) in [4.78, 5) is 17.4. The van der Waals surface area contributed by atoms with E-state index in [9.17, 15) is 13.2 Å². The van der Waals surface area contributed by atoms with E-state index in [1.165, 1.54) is 12.4 Å². The van der Waals surface area contributed by atoms with Crippen LogP contribution in [0.2, 0.25) is 0 Å². The number of carboxylic acid groups (broad SMARTS) is 1. The summed E-state index contributed by atoms with van der Waals surface area (Å²) in [6.45, 7) is 0.201. The largest absolute Gasteiger partial charge is 0.480 e. The molecule has 1 aromatic heterocycles. The minimum absolute atomic E-state index is 0.0738. The Labute approximate surface area is 104 Å². The van der Waals surface area contributed by atoms with Crippen molar-refractivity contribution >= 4 is 22.1 Å². The molecule has 9 heteroatoms. The highest BCUT2D eigenvalue weighted by atomic mass is 32.2. The molecule has 1 saturated heterocycles. The molecule has 18 heavy (non-hydrogen) atoms. The summed E-state index contributed by atoms with van der Waals surface area (Å²) in [5, 5.41) is 9.04. The molecule has 0 radical (unpaired) electrons. The van der Waals surface area contributed by atoms with Gasteiger partial charge in [0.25, 0.3) is 0 Å². The number of H-pyrrole nitrogens is 1. The third-order valence-corrected chi connectivity index (χ3v) is 4.28. The van der Waals surface area contributed by atoms with Crippen molar-refractivity contribution in [2.75, 3.05) is 11.3 Å². The smallest absolute Gasteiger partial charge is 0.322 e. The topological polar surface area (TPSA) is 115 Å². The molecule has 100 valence electrons. The van der Waals surface area contributed by atoms with Crippen molar-refractivity contribution in [3.05, 3.63) is 12.4 Å². The Bertz CT molecular complexity index is 513. The molecule has 0 aliphatic carbocycles. The second-order valence-electron chi connectivity index (χ2n) is 4.01. The van der Waals surface area contributed by atoms with Gasteiger partial charge in [0.1, 0.15) is 6.04 Å². The van der Waals surface area contributed by atoms with E-state index < -0.39 is 22.2 Å². The number of carbonyl (C=O) groups is 1. The van der Waals surface area contributed by atoms with Crippen LogP contribution >= 0.6 is 0 Å². The lowest BCUT2D eigenvalue weighted by atomic mass is 10.1. The molecule has 1 unspecified atom stereocenters. The van der Waals surface area contributed by atoms with Gasteiger partial charge in [-0.1, -0.05) is 0 Å². The minimum Gasteiger partial charge on any atom is -0.480 e. The first kappa shape index (κ1) is 12.8. The molecule has 0 bridgehead atoms. The summed E-state index contributed by atoms with van der Waals surface area (Å²) < 4.78 is 27.3. The summed E-state index contributed by atoms with van der Waals surface area (Å²) in [5.41, 5.74) is 0. The van der Waals surface area contributed by atoms with Gasteiger partial charge in [-0.05, 0) is 19.3 Å². The highest BCUT2D eigenvalue weighted by molar-refractivity contribution is 7.90. The van der Waals surface area contributed by atoms with Gasteiger partial charge in [-0.3, -0.25) is 4.79 Å². The van der Waals surface area contributed by atoms with Crippen LogP contribution in [0.5, 0.6) is 0 Å². The molecule has 1 atom stereocenters. The molecule has 0 aromatic carbocycles. The van der Waals surface area contributed by atoms with E-state index in [4.69, 9.17) is 5.11 Å². The Morgan fingerprint density at radius 1 is 1.56 bits per heavy atom. The summed E-state index contributed by atoms with van der Waals surface area (Å²) in [6, 6.07) is -1.01. The van der Waals surface area contributed by atoms with Gasteiger partial charge in [0, 0.05) is 18.9 Å². The summed E-state index contributed by atoms with van der Waals surface area (Å²) >= 11 is 0. The zero-order valence-electron chi connectivity index (χ0n) is 9.54. The SMILES string of the molecule is O=C(O)C1CCCCN1S(=O)(=O)Nc1ncc[nH]1. The fourth-order valence-corrected chi connectivity index (χ4v) is 3.31. The fourth-order valence-electron chi connectivity index (χ4n) is 1.94. The average Bonchev–Trinajstić information content (AvgIpc) is 2.81. The summed E-state index contributed by atoms with van der Waals surface area (Å²) in [7, 11) is -3.89. The van der Waals surface area contributed by atoms with E-state index in [-0.39, 0.29) is 12.5 Å². The number of aromatic amines is 1. The number of hydrogen-bond acceptors (Lipinski definition) is 4. The summed E-state index contributed by atoms with van der Waals surface area (Å²) in [5.74, 6) is -1.05. The number of anilines is 1. The number of aromatic nitrogens is 2. The van der Waals surface area contributed by atoms with Gasteiger partial charge in [-0.15, -0.1) is 0 Å². The van der Waals surface area contributed by atoms with E-state index in [2.05, 4.69) is 14.7 Å². The highest BCUT2D eigenvalue weighted by Crippen LogP contribution is 2.21. The maximum absolute atomic E-state index is 12.1. The highest BCUT2D eigenvalue weighted by Gasteiger charge is 2.37. The number of rotatable bonds is 4. The van der Waals surface area contributed by atoms with Crippen molar-refractivity contribution in [2.45, 2.75) is 25.3 Å². The molecule has 3 N–H and O–H groups in total. The van der Waals surface area contributed by atoms with Crippen LogP contribution in [-0.2, 0) is 15.0 Å². The molecule has 0 spiro atoms. The van der Waals surface area contributed by atoms with Crippen LogP contribution in [0.1, 0.15) is 19.3 Å². The van der Waals surface area contributed by atoms with Gasteiger partial charge in [-0.25, -0.2) is 9.71 Å². The van der Waals surface area contributed by atoms with Gasteiger partial charge in [0.2, 0.25) is 5.95 Å². The number of nitrogens with zero attached hydrogens (tertiary/aromatic N) is 2. The van der Waals surface area contributed by atoms with E-state index in [1.807, 2.05) is 0 Å². The molecule has 1 fully saturated rings. The lowest BCUT2D eigenvalue weighted by molar-refractivity contribution is -0.142. The van der Waals surface area contributed by atoms with Crippen LogP contribution in [0.3, 0.4) is 0 Å². The molecular formula is C9H14N4O4S. The monoisotopic (exact) mass is 274 g/mol. The Balaban J connectivity index is 2.19. The fraction of sp³-hybridized carbons (Fsp3) is 0.556. The van der Waals surface area contributed by atoms with Crippen LogP contribution in [0.4, 0.5) is 5.95 Å². The Morgan fingerprint density at radius 3 is 2.94 bits per heavy atom. The van der Waals surface area contributed by atoms with Crippen molar-refractivity contribution in [3.63, 3.8) is 0 Å². The average molecular weight is 274 g/mol. The van der Waals surface area contributed by atoms with E-state index in [1.54, 1.807) is 0 Å². The molecule has 0 amide bonds. The Kier molecular flexibility index (Phi) is 3.53. The lowest BCUT2D eigenvalue weighted by Gasteiger charge is -2.31. The van der Waals surface area contributed by atoms with Gasteiger partial charge >= 0.3 is 16.2 Å². The lowest BCUT2D eigenvalue weighted by Crippen LogP contribution is -2.50. The molecule has 1 aliphatic rings. The van der Waals surface area contributed by atoms with E-state index in [0.717, 1.165) is 4.31 Å². The zero-order valence-corrected chi connectivity index (χ0v) is 10.4. The maximum atomic E-state index is 12.1. The third-order valence-electron chi connectivity index (χ3n) is 2.77. The van der Waals surface area contributed by atoms with Crippen LogP contribution in [0.15, 0.2) is 12.4 Å². The molecule has 8 nitrogen and oxygen atoms in total. The number of nitrogens with one attached hydrogen (secondary N) is 2. The number of imidazole rings is 1. The standard InChI is InChI=1S/C9H14N4O4S/c14-8(15)7-3-1-2-6-13(7)18(16,17)12-9-10-4-5-11-9/h4-5,7H,1-3,6H2,(H,14,15)(H2,10,11,12). The minimum atomic E-state index is -3.89. The predicted octanol–water partition coefficient (Wildman–Crippen LogP) is 0.00550. The Hall–Kier alpha value is -1.61. The van der Waals surface area contributed by atoms with Gasteiger partial charge in [0.05, 0.1) is 0 Å². The number of aliphatic carboxylic acids is 1. The normalized spacial score (nSPS) is 21.7. The third kappa shape index (κ3) is 2.62. The maximum Gasteiger partial charge on any atom is 0.322 e. The number of piperidine rings is 1. The first-order valence-electron chi connectivity index (χ1n) is 5.52. The quantitative estimate of drug-likeness (QED) is 0.715. The number of hydrogen-bond donors (Lipinski definition) is 3. The molecule has 0 saturated carbocycles. The number of carboxylic acids is 1. The van der Waals surface area contributed by atoms with E-state index >= 15 is 0 Å². The van der Waals surface area contributed by atoms with Gasteiger partial charge in [-0.2, -0.15) is 12.7 Å². The molecule has 2 rings (SSSR count). The second kappa shape index (κ2) is 4.94. The molecular weight excluding hydrogens is 260 g/mol. The van der Waals surface area contributed by atoms with Crippen LogP contribution in [0.25, 0.3) is 0 Å². The zero-order chi connectivity index (χ0) is 13.2. The first-order chi connectivity index (χ1) is 8.50. The summed E-state index contributed by atoms with van der Waals surface area (Å²) in [6.07, 6.45) is 4.58. The molecule has 1 aliphatic heterocycles. The van der Waals surface area contributed by atoms with E-state index in [0.29, 0.717) is 19.3 Å². The van der Waals surface area contributed by atoms with Crippen molar-refractivity contribution in [1.29, 1.82) is 0 Å². The van der Waals surface area contributed by atoms with Crippen LogP contribution < -0.4 is 4.72 Å². The Morgan fingerprint density at radius 2 is 2.33 bits per heavy atom. The van der Waals surface area contributed by atoms with Crippen LogP contribution in [-0.4, -0.2) is 46.4 Å². The van der Waals surface area contributed by atoms with Crippen LogP contribution in [0, 0.1) is 0 Å². The predicted molar refractivity (Wildman–Crippen MR) is 63.1 cm³/mol. The van der Waals surface area contributed by atoms with Crippen molar-refractivity contribution in [1.82, 2.24) is 14.3 Å². The van der Waals surface area contributed by atoms with Crippen molar-refractivity contribution in [3.8, 4) is 0 Å². The van der Waals surface area contributed by atoms with Gasteiger partial charge in [0.15, 0.2) is 0 Å². The second-order valence-corrected chi connectivity index (χ2v) is 5.63. The van der Waals surface area contributed by atoms with Crippen molar-refractivity contribution in [2.24, 2.45) is 0 Å². The van der Waals surface area contributed by atoms with Crippen molar-refractivity contribution < 1.29 is 18.3 Å². The first-order valence-corrected chi connectivity index (χ1v) is 6.96. The molecule has 1 aromatic rings. The van der Waals surface area contributed by atoms with Gasteiger partial charge < -0.3 is 10.1 Å².